The molecule has 0 amide bonds. The van der Waals surface area contributed by atoms with Crippen molar-refractivity contribution in [1.29, 1.82) is 0 Å². The van der Waals surface area contributed by atoms with E-state index in [9.17, 15) is 0 Å². The maximum Gasteiger partial charge on any atom is 0.709 e. The van der Waals surface area contributed by atoms with Crippen molar-refractivity contribution in [3.05, 3.63) is 66.7 Å². The van der Waals surface area contributed by atoms with E-state index in [2.05, 4.69) is 9.97 Å². The summed E-state index contributed by atoms with van der Waals surface area (Å²) in [6.45, 7) is 0. The van der Waals surface area contributed by atoms with Crippen molar-refractivity contribution in [2.75, 3.05) is 0 Å². The van der Waals surface area contributed by atoms with Crippen LogP contribution in [0.2, 0.25) is 0 Å². The standard InChI is InChI=1S/C16H13BN2O3/c20-17(21)22-16-18-14(12-7-3-1-4-8-12)11-15(19-16)13-9-5-2-6-10-13/h1-11,20-21H. The van der Waals surface area contributed by atoms with Gasteiger partial charge in [-0.1, -0.05) is 60.7 Å². The van der Waals surface area contributed by atoms with E-state index < -0.39 is 7.32 Å². The summed E-state index contributed by atoms with van der Waals surface area (Å²) in [5.41, 5.74) is 3.06. The SMILES string of the molecule is OB(O)Oc1nc(-c2ccccc2)cc(-c2ccccc2)n1. The molecule has 2 aromatic carbocycles. The predicted molar refractivity (Wildman–Crippen MR) is 83.7 cm³/mol. The largest absolute Gasteiger partial charge is 0.709 e. The van der Waals surface area contributed by atoms with Crippen LogP contribution in [0.1, 0.15) is 0 Å². The Bertz CT molecular complexity index is 694. The van der Waals surface area contributed by atoms with Gasteiger partial charge in [-0.3, -0.25) is 0 Å². The first-order valence-corrected chi connectivity index (χ1v) is 6.75. The first-order chi connectivity index (χ1) is 10.7. The molecule has 0 bridgehead atoms. The zero-order valence-electron chi connectivity index (χ0n) is 11.6. The second-order valence-electron chi connectivity index (χ2n) is 4.60. The Morgan fingerprint density at radius 2 is 1.18 bits per heavy atom. The minimum absolute atomic E-state index is 0.0878. The zero-order valence-corrected chi connectivity index (χ0v) is 11.6. The lowest BCUT2D eigenvalue weighted by molar-refractivity contribution is 0.278. The number of rotatable bonds is 4. The third-order valence-electron chi connectivity index (χ3n) is 3.06. The van der Waals surface area contributed by atoms with E-state index in [0.29, 0.717) is 11.4 Å². The van der Waals surface area contributed by atoms with Crippen LogP contribution in [0, 0.1) is 0 Å². The fourth-order valence-electron chi connectivity index (χ4n) is 2.09. The molecule has 0 radical (unpaired) electrons. The molecule has 108 valence electrons. The van der Waals surface area contributed by atoms with Crippen LogP contribution in [-0.2, 0) is 0 Å². The molecule has 1 aromatic heterocycles. The van der Waals surface area contributed by atoms with Crippen molar-refractivity contribution in [2.45, 2.75) is 0 Å². The van der Waals surface area contributed by atoms with E-state index >= 15 is 0 Å². The number of hydrogen-bond donors (Lipinski definition) is 2. The maximum absolute atomic E-state index is 8.98. The molecule has 0 aliphatic heterocycles. The van der Waals surface area contributed by atoms with Crippen LogP contribution in [0.4, 0.5) is 0 Å². The molecule has 0 aliphatic rings. The maximum atomic E-state index is 8.98. The molecule has 0 spiro atoms. The second-order valence-corrected chi connectivity index (χ2v) is 4.60. The number of benzene rings is 2. The van der Waals surface area contributed by atoms with Crippen LogP contribution >= 0.6 is 0 Å². The van der Waals surface area contributed by atoms with Crippen molar-refractivity contribution in [3.8, 4) is 28.5 Å². The number of aromatic nitrogens is 2. The molecule has 0 atom stereocenters. The van der Waals surface area contributed by atoms with E-state index in [4.69, 9.17) is 14.7 Å². The van der Waals surface area contributed by atoms with Crippen LogP contribution in [0.5, 0.6) is 6.01 Å². The van der Waals surface area contributed by atoms with Gasteiger partial charge in [0.05, 0.1) is 11.4 Å². The van der Waals surface area contributed by atoms with E-state index in [-0.39, 0.29) is 6.01 Å². The summed E-state index contributed by atoms with van der Waals surface area (Å²) in [5.74, 6) is 0. The molecule has 0 fully saturated rings. The van der Waals surface area contributed by atoms with Gasteiger partial charge in [-0.15, -0.1) is 0 Å². The molecule has 2 N–H and O–H groups in total. The lowest BCUT2D eigenvalue weighted by Gasteiger charge is -2.09. The lowest BCUT2D eigenvalue weighted by atomic mass is 10.1. The summed E-state index contributed by atoms with van der Waals surface area (Å²) in [4.78, 5) is 8.43. The van der Waals surface area contributed by atoms with Gasteiger partial charge in [-0.2, -0.15) is 9.97 Å². The lowest BCUT2D eigenvalue weighted by Crippen LogP contribution is -2.22. The molecule has 0 saturated carbocycles. The van der Waals surface area contributed by atoms with Crippen molar-refractivity contribution in [2.24, 2.45) is 0 Å². The number of hydrogen-bond acceptors (Lipinski definition) is 5. The summed E-state index contributed by atoms with van der Waals surface area (Å²) in [6.07, 6.45) is 0. The van der Waals surface area contributed by atoms with Crippen molar-refractivity contribution < 1.29 is 14.7 Å². The van der Waals surface area contributed by atoms with E-state index in [1.54, 1.807) is 0 Å². The quantitative estimate of drug-likeness (QED) is 0.721. The zero-order chi connectivity index (χ0) is 15.4. The van der Waals surface area contributed by atoms with Gasteiger partial charge in [-0.25, -0.2) is 0 Å². The van der Waals surface area contributed by atoms with Gasteiger partial charge in [0.15, 0.2) is 0 Å². The van der Waals surface area contributed by atoms with Gasteiger partial charge >= 0.3 is 13.3 Å². The molecule has 0 saturated heterocycles. The molecule has 0 unspecified atom stereocenters. The third-order valence-corrected chi connectivity index (χ3v) is 3.06. The Balaban J connectivity index is 2.10. The minimum Gasteiger partial charge on any atom is -0.483 e. The Kier molecular flexibility index (Phi) is 4.13. The average Bonchev–Trinajstić information content (AvgIpc) is 2.55. The molecule has 22 heavy (non-hydrogen) atoms. The summed E-state index contributed by atoms with van der Waals surface area (Å²) in [6, 6.07) is 20.8. The highest BCUT2D eigenvalue weighted by Gasteiger charge is 2.16. The van der Waals surface area contributed by atoms with Crippen molar-refractivity contribution >= 4 is 7.32 Å². The van der Waals surface area contributed by atoms with Gasteiger partial charge in [0, 0.05) is 11.1 Å². The highest BCUT2D eigenvalue weighted by molar-refractivity contribution is 6.33. The van der Waals surface area contributed by atoms with Gasteiger partial charge in [0.1, 0.15) is 0 Å². The minimum atomic E-state index is -1.96. The summed E-state index contributed by atoms with van der Waals surface area (Å²) in [5, 5.41) is 18.0. The van der Waals surface area contributed by atoms with E-state index in [1.165, 1.54) is 0 Å². The van der Waals surface area contributed by atoms with Gasteiger partial charge in [0.2, 0.25) is 0 Å². The van der Waals surface area contributed by atoms with Gasteiger partial charge in [-0.05, 0) is 6.07 Å². The van der Waals surface area contributed by atoms with Crippen molar-refractivity contribution in [3.63, 3.8) is 0 Å². The monoisotopic (exact) mass is 292 g/mol. The highest BCUT2D eigenvalue weighted by Crippen LogP contribution is 2.25. The fraction of sp³-hybridized carbons (Fsp3) is 0. The normalized spacial score (nSPS) is 10.3. The van der Waals surface area contributed by atoms with Crippen LogP contribution < -0.4 is 4.65 Å². The summed E-state index contributed by atoms with van der Waals surface area (Å²) in [7, 11) is -1.96. The van der Waals surface area contributed by atoms with E-state index in [0.717, 1.165) is 11.1 Å². The summed E-state index contributed by atoms with van der Waals surface area (Å²) >= 11 is 0. The van der Waals surface area contributed by atoms with Crippen LogP contribution in [0.15, 0.2) is 66.7 Å². The average molecular weight is 292 g/mol. The molecule has 5 nitrogen and oxygen atoms in total. The van der Waals surface area contributed by atoms with Crippen LogP contribution in [-0.4, -0.2) is 27.3 Å². The Morgan fingerprint density at radius 1 is 0.727 bits per heavy atom. The third kappa shape index (κ3) is 3.31. The van der Waals surface area contributed by atoms with Gasteiger partial charge < -0.3 is 14.7 Å². The Labute approximate surface area is 128 Å². The molecule has 3 rings (SSSR count). The topological polar surface area (TPSA) is 75.5 Å². The van der Waals surface area contributed by atoms with E-state index in [1.807, 2.05) is 66.7 Å². The summed E-state index contributed by atoms with van der Waals surface area (Å²) < 4.78 is 4.83. The van der Waals surface area contributed by atoms with Crippen LogP contribution in [0.25, 0.3) is 22.5 Å². The predicted octanol–water partition coefficient (Wildman–Crippen LogP) is 2.16. The Morgan fingerprint density at radius 3 is 1.59 bits per heavy atom. The smallest absolute Gasteiger partial charge is 0.483 e. The highest BCUT2D eigenvalue weighted by atomic mass is 16.6. The van der Waals surface area contributed by atoms with Crippen LogP contribution in [0.3, 0.4) is 0 Å². The van der Waals surface area contributed by atoms with Gasteiger partial charge in [0.25, 0.3) is 0 Å². The first-order valence-electron chi connectivity index (χ1n) is 6.75. The molecule has 1 heterocycles. The molecular weight excluding hydrogens is 279 g/mol. The first kappa shape index (κ1) is 14.3. The fourth-order valence-corrected chi connectivity index (χ4v) is 2.09. The number of nitrogens with zero attached hydrogens (tertiary/aromatic N) is 2. The van der Waals surface area contributed by atoms with Crippen molar-refractivity contribution in [1.82, 2.24) is 9.97 Å². The second kappa shape index (κ2) is 6.38. The molecule has 6 heteroatoms. The Hall–Kier alpha value is -2.70. The molecule has 3 aromatic rings. The molecule has 0 aliphatic carbocycles. The molecular formula is C16H13BN2O3.